The van der Waals surface area contributed by atoms with E-state index in [-0.39, 0.29) is 18.1 Å². The molecule has 1 aromatic carbocycles. The Labute approximate surface area is 141 Å². The van der Waals surface area contributed by atoms with Gasteiger partial charge in [-0.25, -0.2) is 18.7 Å². The summed E-state index contributed by atoms with van der Waals surface area (Å²) in [6.07, 6.45) is 3.46. The molecule has 3 aromatic heterocycles. The summed E-state index contributed by atoms with van der Waals surface area (Å²) in [5, 5.41) is 10.6. The highest BCUT2D eigenvalue weighted by molar-refractivity contribution is 5.72. The standard InChI is InChI=1S/C17H14FN5O2/c1-22-7-6-13(21-22)10-25-15-8-16-19-20-17(24)23(16)9-14(15)11-2-4-12(18)5-3-11/h2-9H,10H2,1H3,(H,20,24). The average molecular weight is 339 g/mol. The van der Waals surface area contributed by atoms with E-state index in [1.54, 1.807) is 29.1 Å². The molecule has 0 atom stereocenters. The summed E-state index contributed by atoms with van der Waals surface area (Å²) >= 11 is 0. The molecule has 0 aliphatic carbocycles. The highest BCUT2D eigenvalue weighted by Crippen LogP contribution is 2.31. The number of rotatable bonds is 4. The number of nitrogens with one attached hydrogen (secondary N) is 1. The van der Waals surface area contributed by atoms with Crippen LogP contribution in [0.5, 0.6) is 5.75 Å². The first-order valence-electron chi connectivity index (χ1n) is 7.58. The number of benzene rings is 1. The maximum atomic E-state index is 13.2. The summed E-state index contributed by atoms with van der Waals surface area (Å²) in [6, 6.07) is 9.51. The lowest BCUT2D eigenvalue weighted by molar-refractivity contribution is 0.301. The Morgan fingerprint density at radius 2 is 2.04 bits per heavy atom. The molecule has 4 aromatic rings. The van der Waals surface area contributed by atoms with E-state index in [4.69, 9.17) is 4.74 Å². The Morgan fingerprint density at radius 3 is 2.76 bits per heavy atom. The molecule has 4 rings (SSSR count). The molecule has 0 unspecified atom stereocenters. The highest BCUT2D eigenvalue weighted by Gasteiger charge is 2.12. The van der Waals surface area contributed by atoms with E-state index in [1.807, 2.05) is 19.3 Å². The quantitative estimate of drug-likeness (QED) is 0.618. The fourth-order valence-electron chi connectivity index (χ4n) is 2.59. The molecule has 3 heterocycles. The molecule has 0 radical (unpaired) electrons. The third-order valence-corrected chi connectivity index (χ3v) is 3.82. The van der Waals surface area contributed by atoms with Crippen LogP contribution in [0.1, 0.15) is 5.69 Å². The van der Waals surface area contributed by atoms with Gasteiger partial charge in [-0.3, -0.25) is 4.68 Å². The molecule has 7 nitrogen and oxygen atoms in total. The molecule has 0 saturated carbocycles. The number of nitrogens with zero attached hydrogens (tertiary/aromatic N) is 4. The lowest BCUT2D eigenvalue weighted by Crippen LogP contribution is -2.09. The number of aromatic nitrogens is 5. The van der Waals surface area contributed by atoms with Crippen molar-refractivity contribution in [3.63, 3.8) is 0 Å². The van der Waals surface area contributed by atoms with Crippen LogP contribution in [-0.4, -0.2) is 24.4 Å². The summed E-state index contributed by atoms with van der Waals surface area (Å²) in [5.41, 5.74) is 2.24. The van der Waals surface area contributed by atoms with Gasteiger partial charge in [0.25, 0.3) is 0 Å². The molecule has 0 amide bonds. The summed E-state index contributed by atoms with van der Waals surface area (Å²) < 4.78 is 22.2. The zero-order valence-corrected chi connectivity index (χ0v) is 13.3. The van der Waals surface area contributed by atoms with Gasteiger partial charge in [0.05, 0.1) is 5.69 Å². The van der Waals surface area contributed by atoms with Gasteiger partial charge in [-0.05, 0) is 23.8 Å². The number of halogens is 1. The number of ether oxygens (including phenoxy) is 1. The second-order valence-corrected chi connectivity index (χ2v) is 5.58. The van der Waals surface area contributed by atoms with Crippen molar-refractivity contribution in [2.75, 3.05) is 0 Å². The van der Waals surface area contributed by atoms with Crippen LogP contribution in [-0.2, 0) is 13.7 Å². The molecule has 8 heteroatoms. The van der Waals surface area contributed by atoms with E-state index in [2.05, 4.69) is 15.3 Å². The highest BCUT2D eigenvalue weighted by atomic mass is 19.1. The van der Waals surface area contributed by atoms with E-state index >= 15 is 0 Å². The van der Waals surface area contributed by atoms with Crippen molar-refractivity contribution in [2.24, 2.45) is 7.05 Å². The monoisotopic (exact) mass is 339 g/mol. The maximum absolute atomic E-state index is 13.2. The Morgan fingerprint density at radius 1 is 1.24 bits per heavy atom. The number of hydrogen-bond donors (Lipinski definition) is 1. The molecule has 0 aliphatic heterocycles. The molecule has 0 spiro atoms. The van der Waals surface area contributed by atoms with Crippen molar-refractivity contribution < 1.29 is 9.13 Å². The third-order valence-electron chi connectivity index (χ3n) is 3.82. The van der Waals surface area contributed by atoms with Gasteiger partial charge in [-0.15, -0.1) is 0 Å². The minimum Gasteiger partial charge on any atom is -0.486 e. The van der Waals surface area contributed by atoms with E-state index in [0.717, 1.165) is 11.3 Å². The van der Waals surface area contributed by atoms with Gasteiger partial charge in [0.2, 0.25) is 0 Å². The van der Waals surface area contributed by atoms with Crippen molar-refractivity contribution in [1.82, 2.24) is 24.4 Å². The predicted octanol–water partition coefficient (Wildman–Crippen LogP) is 2.14. The minimum absolute atomic E-state index is 0.264. The molecule has 0 aliphatic rings. The lowest BCUT2D eigenvalue weighted by Gasteiger charge is -2.11. The zero-order chi connectivity index (χ0) is 17.4. The predicted molar refractivity (Wildman–Crippen MR) is 88.7 cm³/mol. The van der Waals surface area contributed by atoms with Gasteiger partial charge in [-0.1, -0.05) is 12.1 Å². The van der Waals surface area contributed by atoms with Crippen LogP contribution >= 0.6 is 0 Å². The van der Waals surface area contributed by atoms with E-state index in [9.17, 15) is 9.18 Å². The fraction of sp³-hybridized carbons (Fsp3) is 0.118. The number of pyridine rings is 1. The molecule has 0 saturated heterocycles. The summed E-state index contributed by atoms with van der Waals surface area (Å²) in [4.78, 5) is 11.8. The summed E-state index contributed by atoms with van der Waals surface area (Å²) in [6.45, 7) is 0.264. The largest absolute Gasteiger partial charge is 0.486 e. The van der Waals surface area contributed by atoms with Gasteiger partial charge in [-0.2, -0.15) is 10.2 Å². The molecule has 126 valence electrons. The topological polar surface area (TPSA) is 77.2 Å². The molecular weight excluding hydrogens is 325 g/mol. The maximum Gasteiger partial charge on any atom is 0.347 e. The van der Waals surface area contributed by atoms with Gasteiger partial charge in [0, 0.05) is 31.1 Å². The second-order valence-electron chi connectivity index (χ2n) is 5.58. The van der Waals surface area contributed by atoms with Crippen LogP contribution in [0.15, 0.2) is 53.6 Å². The Bertz CT molecular complexity index is 1090. The number of fused-ring (bicyclic) bond motifs is 1. The van der Waals surface area contributed by atoms with Crippen molar-refractivity contribution in [3.8, 4) is 16.9 Å². The molecule has 1 N–H and O–H groups in total. The van der Waals surface area contributed by atoms with E-state index in [0.29, 0.717) is 17.0 Å². The smallest absolute Gasteiger partial charge is 0.347 e. The van der Waals surface area contributed by atoms with Gasteiger partial charge < -0.3 is 4.74 Å². The first kappa shape index (κ1) is 15.1. The number of hydrogen-bond acceptors (Lipinski definition) is 4. The fourth-order valence-corrected chi connectivity index (χ4v) is 2.59. The molecule has 0 bridgehead atoms. The summed E-state index contributed by atoms with van der Waals surface area (Å²) in [7, 11) is 1.83. The van der Waals surface area contributed by atoms with Gasteiger partial charge >= 0.3 is 5.69 Å². The van der Waals surface area contributed by atoms with Gasteiger partial charge in [0.15, 0.2) is 5.65 Å². The van der Waals surface area contributed by atoms with Crippen molar-refractivity contribution >= 4 is 5.65 Å². The molecule has 0 fully saturated rings. The number of aromatic amines is 1. The number of H-pyrrole nitrogens is 1. The van der Waals surface area contributed by atoms with Crippen LogP contribution in [0.25, 0.3) is 16.8 Å². The van der Waals surface area contributed by atoms with E-state index in [1.165, 1.54) is 16.5 Å². The third kappa shape index (κ3) is 2.89. The lowest BCUT2D eigenvalue weighted by atomic mass is 10.1. The van der Waals surface area contributed by atoms with Crippen LogP contribution in [0.2, 0.25) is 0 Å². The van der Waals surface area contributed by atoms with E-state index < -0.39 is 0 Å². The average Bonchev–Trinajstić information content (AvgIpc) is 3.19. The van der Waals surface area contributed by atoms with Crippen LogP contribution in [0, 0.1) is 5.82 Å². The van der Waals surface area contributed by atoms with Crippen molar-refractivity contribution in [2.45, 2.75) is 6.61 Å². The second kappa shape index (κ2) is 5.90. The Balaban J connectivity index is 1.78. The normalized spacial score (nSPS) is 11.1. The van der Waals surface area contributed by atoms with Crippen LogP contribution < -0.4 is 10.4 Å². The number of aryl methyl sites for hydroxylation is 1. The molecular formula is C17H14FN5O2. The first-order chi connectivity index (χ1) is 12.1. The van der Waals surface area contributed by atoms with Crippen molar-refractivity contribution in [1.29, 1.82) is 0 Å². The minimum atomic E-state index is -0.352. The summed E-state index contributed by atoms with van der Waals surface area (Å²) in [5.74, 6) is 0.199. The first-order valence-corrected chi connectivity index (χ1v) is 7.58. The van der Waals surface area contributed by atoms with Crippen molar-refractivity contribution in [3.05, 3.63) is 70.8 Å². The SMILES string of the molecule is Cn1ccc(COc2cc3n[nH]c(=O)n3cc2-c2ccc(F)cc2)n1. The van der Waals surface area contributed by atoms with Crippen LogP contribution in [0.4, 0.5) is 4.39 Å². The van der Waals surface area contributed by atoms with Crippen LogP contribution in [0.3, 0.4) is 0 Å². The Kier molecular flexibility index (Phi) is 3.57. The molecule has 25 heavy (non-hydrogen) atoms. The Hall–Kier alpha value is -3.42. The van der Waals surface area contributed by atoms with Gasteiger partial charge in [0.1, 0.15) is 18.2 Å². The zero-order valence-electron chi connectivity index (χ0n) is 13.3.